The van der Waals surface area contributed by atoms with Crippen LogP contribution in [0.5, 0.6) is 5.88 Å². The van der Waals surface area contributed by atoms with E-state index in [0.717, 1.165) is 0 Å². The van der Waals surface area contributed by atoms with E-state index < -0.39 is 5.82 Å². The van der Waals surface area contributed by atoms with E-state index in [0.29, 0.717) is 35.5 Å². The van der Waals surface area contributed by atoms with Gasteiger partial charge < -0.3 is 4.74 Å². The van der Waals surface area contributed by atoms with Crippen molar-refractivity contribution in [1.29, 1.82) is 0 Å². The maximum absolute atomic E-state index is 13.8. The second-order valence-corrected chi connectivity index (χ2v) is 3.65. The largest absolute Gasteiger partial charge is 0.478 e. The van der Waals surface area contributed by atoms with Gasteiger partial charge in [-0.05, 0) is 37.3 Å². The van der Waals surface area contributed by atoms with Crippen molar-refractivity contribution in [2.75, 3.05) is 6.61 Å². The highest BCUT2D eigenvalue weighted by molar-refractivity contribution is 5.80. The van der Waals surface area contributed by atoms with Crippen LogP contribution in [0.15, 0.2) is 36.5 Å². The molecule has 2 aromatic rings. The number of aromatic nitrogens is 1. The fourth-order valence-corrected chi connectivity index (χ4v) is 1.67. The summed E-state index contributed by atoms with van der Waals surface area (Å²) < 4.78 is 19.2. The summed E-state index contributed by atoms with van der Waals surface area (Å²) >= 11 is 0. The molecule has 0 saturated heterocycles. The lowest BCUT2D eigenvalue weighted by Crippen LogP contribution is -1.98. The fraction of sp³-hybridized carbons (Fsp3) is 0.143. The molecule has 0 N–H and O–H groups in total. The lowest BCUT2D eigenvalue weighted by molar-refractivity contribution is 0.112. The zero-order chi connectivity index (χ0) is 13.0. The van der Waals surface area contributed by atoms with Gasteiger partial charge in [-0.15, -0.1) is 0 Å². The number of aldehydes is 1. The number of carbonyl (C=O) groups is 1. The van der Waals surface area contributed by atoms with Crippen LogP contribution in [0.1, 0.15) is 17.3 Å². The smallest absolute Gasteiger partial charge is 0.221 e. The molecule has 0 fully saturated rings. The number of carbonyl (C=O) groups excluding carboxylic acids is 1. The van der Waals surface area contributed by atoms with Crippen LogP contribution in [0, 0.1) is 5.82 Å². The summed E-state index contributed by atoms with van der Waals surface area (Å²) in [5.41, 5.74) is 1.27. The van der Waals surface area contributed by atoms with E-state index in [9.17, 15) is 9.18 Å². The number of benzene rings is 1. The number of halogens is 1. The van der Waals surface area contributed by atoms with Crippen LogP contribution >= 0.6 is 0 Å². The van der Waals surface area contributed by atoms with Gasteiger partial charge in [0.05, 0.1) is 6.61 Å². The molecular weight excluding hydrogens is 233 g/mol. The molecule has 0 aliphatic carbocycles. The van der Waals surface area contributed by atoms with Crippen molar-refractivity contribution in [1.82, 2.24) is 4.98 Å². The van der Waals surface area contributed by atoms with Crippen LogP contribution in [0.4, 0.5) is 4.39 Å². The summed E-state index contributed by atoms with van der Waals surface area (Å²) in [5.74, 6) is -0.0449. The van der Waals surface area contributed by atoms with Crippen LogP contribution in [-0.4, -0.2) is 17.9 Å². The summed E-state index contributed by atoms with van der Waals surface area (Å²) in [6.45, 7) is 2.27. The van der Waals surface area contributed by atoms with Crippen molar-refractivity contribution < 1.29 is 13.9 Å². The lowest BCUT2D eigenvalue weighted by atomic mass is 10.0. The Kier molecular flexibility index (Phi) is 3.67. The Morgan fingerprint density at radius 3 is 2.89 bits per heavy atom. The van der Waals surface area contributed by atoms with E-state index in [1.165, 1.54) is 18.2 Å². The van der Waals surface area contributed by atoms with Crippen molar-refractivity contribution in [3.05, 3.63) is 47.9 Å². The molecule has 0 aliphatic rings. The molecule has 18 heavy (non-hydrogen) atoms. The first kappa shape index (κ1) is 12.2. The van der Waals surface area contributed by atoms with Gasteiger partial charge in [-0.3, -0.25) is 4.79 Å². The van der Waals surface area contributed by atoms with Gasteiger partial charge in [0.15, 0.2) is 0 Å². The summed E-state index contributed by atoms with van der Waals surface area (Å²) in [6, 6.07) is 7.60. The topological polar surface area (TPSA) is 39.2 Å². The second-order valence-electron chi connectivity index (χ2n) is 3.65. The molecule has 2 rings (SSSR count). The van der Waals surface area contributed by atoms with Crippen LogP contribution in [0.3, 0.4) is 0 Å². The summed E-state index contributed by atoms with van der Waals surface area (Å²) in [5, 5.41) is 0. The number of ether oxygens (including phenoxy) is 1. The Balaban J connectivity index is 2.57. The van der Waals surface area contributed by atoms with E-state index in [-0.39, 0.29) is 0 Å². The molecular formula is C14H12FNO2. The molecule has 0 aliphatic heterocycles. The normalized spacial score (nSPS) is 10.1. The molecule has 0 saturated carbocycles. The molecule has 0 spiro atoms. The molecule has 1 aromatic carbocycles. The third kappa shape index (κ3) is 2.37. The molecule has 0 amide bonds. The molecule has 0 bridgehead atoms. The Bertz CT molecular complexity index is 569. The number of rotatable bonds is 4. The van der Waals surface area contributed by atoms with Gasteiger partial charge in [0.2, 0.25) is 5.88 Å². The average molecular weight is 245 g/mol. The van der Waals surface area contributed by atoms with Gasteiger partial charge in [-0.1, -0.05) is 0 Å². The van der Waals surface area contributed by atoms with Crippen LogP contribution < -0.4 is 4.74 Å². The van der Waals surface area contributed by atoms with Crippen molar-refractivity contribution in [3.63, 3.8) is 0 Å². The van der Waals surface area contributed by atoms with E-state index in [4.69, 9.17) is 4.74 Å². The highest BCUT2D eigenvalue weighted by atomic mass is 19.1. The Morgan fingerprint density at radius 1 is 1.33 bits per heavy atom. The SMILES string of the molecule is CCOc1ncccc1-c1cc(C=O)ccc1F. The van der Waals surface area contributed by atoms with E-state index >= 15 is 0 Å². The number of nitrogens with zero attached hydrogens (tertiary/aromatic N) is 1. The predicted molar refractivity (Wildman–Crippen MR) is 66.2 cm³/mol. The first-order valence-electron chi connectivity index (χ1n) is 5.59. The molecule has 1 aromatic heterocycles. The van der Waals surface area contributed by atoms with Gasteiger partial charge in [0.1, 0.15) is 12.1 Å². The average Bonchev–Trinajstić information content (AvgIpc) is 2.41. The lowest BCUT2D eigenvalue weighted by Gasteiger charge is -2.09. The highest BCUT2D eigenvalue weighted by Gasteiger charge is 2.12. The summed E-state index contributed by atoms with van der Waals surface area (Å²) in [6.07, 6.45) is 2.26. The second kappa shape index (κ2) is 5.40. The zero-order valence-corrected chi connectivity index (χ0v) is 9.89. The quantitative estimate of drug-likeness (QED) is 0.777. The van der Waals surface area contributed by atoms with Crippen LogP contribution in [-0.2, 0) is 0 Å². The Morgan fingerprint density at radius 2 is 2.17 bits per heavy atom. The predicted octanol–water partition coefficient (Wildman–Crippen LogP) is 3.10. The third-order valence-electron chi connectivity index (χ3n) is 2.47. The Hall–Kier alpha value is -2.23. The van der Waals surface area contributed by atoms with E-state index in [2.05, 4.69) is 4.98 Å². The number of hydrogen-bond acceptors (Lipinski definition) is 3. The van der Waals surface area contributed by atoms with Crippen molar-refractivity contribution >= 4 is 6.29 Å². The van der Waals surface area contributed by atoms with Gasteiger partial charge in [-0.2, -0.15) is 0 Å². The minimum atomic E-state index is -0.408. The fourth-order valence-electron chi connectivity index (χ4n) is 1.67. The van der Waals surface area contributed by atoms with Gasteiger partial charge in [-0.25, -0.2) is 9.37 Å². The number of hydrogen-bond donors (Lipinski definition) is 0. The van der Waals surface area contributed by atoms with E-state index in [1.807, 2.05) is 6.92 Å². The Labute approximate surface area is 104 Å². The van der Waals surface area contributed by atoms with E-state index in [1.54, 1.807) is 18.3 Å². The monoisotopic (exact) mass is 245 g/mol. The molecule has 1 heterocycles. The number of pyridine rings is 1. The molecule has 0 radical (unpaired) electrons. The van der Waals surface area contributed by atoms with Crippen molar-refractivity contribution in [3.8, 4) is 17.0 Å². The molecule has 92 valence electrons. The van der Waals surface area contributed by atoms with Crippen LogP contribution in [0.25, 0.3) is 11.1 Å². The first-order valence-corrected chi connectivity index (χ1v) is 5.59. The molecule has 0 unspecified atom stereocenters. The van der Waals surface area contributed by atoms with Gasteiger partial charge in [0, 0.05) is 22.9 Å². The third-order valence-corrected chi connectivity index (χ3v) is 2.47. The summed E-state index contributed by atoms with van der Waals surface area (Å²) in [4.78, 5) is 14.8. The molecule has 0 atom stereocenters. The molecule has 4 heteroatoms. The molecule has 3 nitrogen and oxygen atoms in total. The minimum absolute atomic E-state index is 0.316. The summed E-state index contributed by atoms with van der Waals surface area (Å²) in [7, 11) is 0. The minimum Gasteiger partial charge on any atom is -0.478 e. The zero-order valence-electron chi connectivity index (χ0n) is 9.89. The van der Waals surface area contributed by atoms with Crippen LogP contribution in [0.2, 0.25) is 0 Å². The van der Waals surface area contributed by atoms with Gasteiger partial charge in [0.25, 0.3) is 0 Å². The first-order chi connectivity index (χ1) is 8.76. The maximum Gasteiger partial charge on any atom is 0.221 e. The van der Waals surface area contributed by atoms with Gasteiger partial charge >= 0.3 is 0 Å². The maximum atomic E-state index is 13.8. The van der Waals surface area contributed by atoms with Crippen molar-refractivity contribution in [2.45, 2.75) is 6.92 Å². The highest BCUT2D eigenvalue weighted by Crippen LogP contribution is 2.30. The van der Waals surface area contributed by atoms with Crippen molar-refractivity contribution in [2.24, 2.45) is 0 Å². The standard InChI is InChI=1S/C14H12FNO2/c1-2-18-14-11(4-3-7-16-14)12-8-10(9-17)5-6-13(12)15/h3-9H,2H2,1H3.